The van der Waals surface area contributed by atoms with Crippen molar-refractivity contribution < 1.29 is 16.8 Å². The summed E-state index contributed by atoms with van der Waals surface area (Å²) in [4.78, 5) is 12.7. The van der Waals surface area contributed by atoms with Gasteiger partial charge in [-0.05, 0) is 90.6 Å². The topological polar surface area (TPSA) is 92.1 Å². The van der Waals surface area contributed by atoms with E-state index < -0.39 is 0 Å². The minimum atomic E-state index is 0. The summed E-state index contributed by atoms with van der Waals surface area (Å²) >= 11 is 0. The third kappa shape index (κ3) is 8.55. The Kier molecular flexibility index (Phi) is 12.0. The van der Waals surface area contributed by atoms with Gasteiger partial charge in [0, 0.05) is 72.6 Å². The molecule has 9 nitrogen and oxygen atoms in total. The summed E-state index contributed by atoms with van der Waals surface area (Å²) < 4.78 is 5.29. The molecule has 0 fully saturated rings. The molecule has 6 rings (SSSR count). The predicted molar refractivity (Wildman–Crippen MR) is 152 cm³/mol. The minimum Gasteiger partial charge on any atom is -0.237 e. The molecule has 6 heterocycles. The van der Waals surface area contributed by atoms with E-state index in [1.807, 2.05) is 91.8 Å². The summed E-state index contributed by atoms with van der Waals surface area (Å²) in [6, 6.07) is 17.9. The molecule has 1 radical (unpaired) electrons. The maximum absolute atomic E-state index is 4.23. The van der Waals surface area contributed by atoms with Crippen molar-refractivity contribution in [2.24, 2.45) is 0 Å². The van der Waals surface area contributed by atoms with E-state index in [9.17, 15) is 0 Å². The van der Waals surface area contributed by atoms with Crippen molar-refractivity contribution in [1.29, 1.82) is 0 Å². The number of nitrogens with zero attached hydrogens (tertiary/aromatic N) is 9. The molecule has 0 spiro atoms. The first-order valence-electron chi connectivity index (χ1n) is 13.0. The molecular weight excluding hydrogens is 545 g/mol. The minimum absolute atomic E-state index is 0. The van der Waals surface area contributed by atoms with Crippen molar-refractivity contribution in [3.63, 3.8) is 0 Å². The molecule has 207 valence electrons. The Hall–Kier alpha value is -4.41. The van der Waals surface area contributed by atoms with Gasteiger partial charge in [-0.2, -0.15) is 15.3 Å². The second kappa shape index (κ2) is 15.9. The third-order valence-electron chi connectivity index (χ3n) is 5.87. The second-order valence-electron chi connectivity index (χ2n) is 8.48. The fourth-order valence-electron chi connectivity index (χ4n) is 3.63. The predicted octanol–water partition coefficient (Wildman–Crippen LogP) is 5.49. The first kappa shape index (κ1) is 30.1. The molecule has 0 aliphatic heterocycles. The molecule has 0 aliphatic carbocycles. The summed E-state index contributed by atoms with van der Waals surface area (Å²) in [6.07, 6.45) is 19.4. The molecule has 0 aliphatic rings. The average Bonchev–Trinajstić information content (AvgIpc) is 3.82. The van der Waals surface area contributed by atoms with Crippen LogP contribution in [0.5, 0.6) is 0 Å². The zero-order chi connectivity index (χ0) is 27.3. The van der Waals surface area contributed by atoms with Crippen LogP contribution in [0.25, 0.3) is 17.5 Å². The summed E-state index contributed by atoms with van der Waals surface area (Å²) in [7, 11) is 0. The molecule has 0 saturated carbocycles. The van der Waals surface area contributed by atoms with Crippen LogP contribution in [-0.2, 0) is 36.0 Å². The van der Waals surface area contributed by atoms with E-state index >= 15 is 0 Å². The van der Waals surface area contributed by atoms with Gasteiger partial charge < -0.3 is 0 Å². The van der Waals surface area contributed by atoms with Crippen molar-refractivity contribution in [3.05, 3.63) is 127 Å². The number of aryl methyl sites for hydroxylation is 3. The van der Waals surface area contributed by atoms with Gasteiger partial charge in [-0.3, -0.25) is 0 Å². The molecule has 6 aromatic rings. The first-order chi connectivity index (χ1) is 19.2. The van der Waals surface area contributed by atoms with Crippen LogP contribution >= 0.6 is 0 Å². The molecule has 0 unspecified atom stereocenters. The van der Waals surface area contributed by atoms with Crippen molar-refractivity contribution in [1.82, 2.24) is 44.3 Å². The zero-order valence-corrected chi connectivity index (χ0v) is 23.9. The molecule has 0 amide bonds. The smallest absolute Gasteiger partial charge is 0.153 e. The van der Waals surface area contributed by atoms with Crippen LogP contribution in [0.4, 0.5) is 0 Å². The van der Waals surface area contributed by atoms with Gasteiger partial charge in [0.2, 0.25) is 0 Å². The largest absolute Gasteiger partial charge is 0.237 e. The second-order valence-corrected chi connectivity index (χ2v) is 8.48. The Bertz CT molecular complexity index is 1330. The maximum Gasteiger partial charge on any atom is 0.153 e. The van der Waals surface area contributed by atoms with Gasteiger partial charge in [0.05, 0.1) is 0 Å². The fraction of sp³-hybridized carbons (Fsp3) is 0.200. The summed E-state index contributed by atoms with van der Waals surface area (Å²) in [5.41, 5.74) is 3.83. The Morgan fingerprint density at radius 3 is 1.00 bits per heavy atom. The van der Waals surface area contributed by atoms with Crippen LogP contribution in [0.15, 0.2) is 110 Å². The monoisotopic (exact) mass is 578 g/mol. The standard InChI is InChI=1S/3C10H11N3.Co/c3*1-2-9-4-6-11-10(8-9)13-7-3-5-12-13;/h3*3-8H,2H2,1H3;. The van der Waals surface area contributed by atoms with Gasteiger partial charge in [-0.25, -0.2) is 29.0 Å². The number of hydrogen-bond acceptors (Lipinski definition) is 6. The van der Waals surface area contributed by atoms with E-state index in [0.717, 1.165) is 36.7 Å². The van der Waals surface area contributed by atoms with Crippen LogP contribution in [0.3, 0.4) is 0 Å². The Labute approximate surface area is 245 Å². The van der Waals surface area contributed by atoms with Gasteiger partial charge in [0.25, 0.3) is 0 Å². The summed E-state index contributed by atoms with van der Waals surface area (Å²) in [5, 5.41) is 12.3. The molecule has 10 heteroatoms. The van der Waals surface area contributed by atoms with E-state index in [-0.39, 0.29) is 16.8 Å². The maximum atomic E-state index is 4.23. The fourth-order valence-corrected chi connectivity index (χ4v) is 3.63. The normalized spacial score (nSPS) is 9.97. The van der Waals surface area contributed by atoms with Crippen LogP contribution in [0.2, 0.25) is 0 Å². The molecule has 0 bridgehead atoms. The summed E-state index contributed by atoms with van der Waals surface area (Å²) in [6.45, 7) is 6.38. The van der Waals surface area contributed by atoms with E-state index in [1.165, 1.54) is 16.7 Å². The zero-order valence-electron chi connectivity index (χ0n) is 22.9. The Morgan fingerprint density at radius 2 is 0.775 bits per heavy atom. The van der Waals surface area contributed by atoms with Crippen LogP contribution in [0, 0.1) is 0 Å². The number of hydrogen-bond donors (Lipinski definition) is 0. The van der Waals surface area contributed by atoms with E-state index in [0.29, 0.717) is 0 Å². The van der Waals surface area contributed by atoms with E-state index in [1.54, 1.807) is 32.6 Å². The van der Waals surface area contributed by atoms with Gasteiger partial charge in [0.1, 0.15) is 0 Å². The van der Waals surface area contributed by atoms with Gasteiger partial charge in [-0.1, -0.05) is 20.8 Å². The van der Waals surface area contributed by atoms with E-state index in [4.69, 9.17) is 0 Å². The molecular formula is C30H33CoN9. The van der Waals surface area contributed by atoms with Gasteiger partial charge in [-0.15, -0.1) is 0 Å². The number of rotatable bonds is 6. The van der Waals surface area contributed by atoms with E-state index in [2.05, 4.69) is 51.0 Å². The average molecular weight is 579 g/mol. The molecule has 40 heavy (non-hydrogen) atoms. The molecule has 0 N–H and O–H groups in total. The summed E-state index contributed by atoms with van der Waals surface area (Å²) in [5.74, 6) is 2.64. The van der Waals surface area contributed by atoms with Crippen molar-refractivity contribution in [2.45, 2.75) is 40.0 Å². The number of aromatic nitrogens is 9. The molecule has 6 aromatic heterocycles. The van der Waals surface area contributed by atoms with Gasteiger partial charge >= 0.3 is 0 Å². The molecule has 0 atom stereocenters. The van der Waals surface area contributed by atoms with Crippen LogP contribution < -0.4 is 0 Å². The SMILES string of the molecule is CCc1ccnc(-n2cccn2)c1.CCc1ccnc(-n2cccn2)c1.CCc1ccnc(-n2cccn2)c1.[Co]. The Balaban J connectivity index is 0.000000163. The Morgan fingerprint density at radius 1 is 0.475 bits per heavy atom. The van der Waals surface area contributed by atoms with Crippen LogP contribution in [0.1, 0.15) is 37.5 Å². The van der Waals surface area contributed by atoms with Crippen molar-refractivity contribution in [3.8, 4) is 17.5 Å². The third-order valence-corrected chi connectivity index (χ3v) is 5.87. The van der Waals surface area contributed by atoms with Crippen molar-refractivity contribution in [2.75, 3.05) is 0 Å². The van der Waals surface area contributed by atoms with Crippen molar-refractivity contribution >= 4 is 0 Å². The number of pyridine rings is 3. The quantitative estimate of drug-likeness (QED) is 0.260. The first-order valence-corrected chi connectivity index (χ1v) is 13.0. The van der Waals surface area contributed by atoms with Gasteiger partial charge in [0.15, 0.2) is 17.5 Å². The molecule has 0 aromatic carbocycles. The van der Waals surface area contributed by atoms with Crippen LogP contribution in [-0.4, -0.2) is 44.3 Å². The molecule has 0 saturated heterocycles.